The molecule has 1 aliphatic heterocycles. The van der Waals surface area contributed by atoms with Crippen molar-refractivity contribution in [2.24, 2.45) is 0 Å². The van der Waals surface area contributed by atoms with Gasteiger partial charge in [0.15, 0.2) is 5.82 Å². The minimum Gasteiger partial charge on any atom is -0.497 e. The van der Waals surface area contributed by atoms with Crippen LogP contribution >= 0.6 is 0 Å². The molecule has 4 rings (SSSR count). The molecule has 7 heteroatoms. The van der Waals surface area contributed by atoms with Crippen molar-refractivity contribution >= 4 is 17.4 Å². The first kappa shape index (κ1) is 20.9. The molecule has 31 heavy (non-hydrogen) atoms. The monoisotopic (exact) mass is 419 g/mol. The molecule has 1 N–H and O–H groups in total. The molecular weight excluding hydrogens is 390 g/mol. The van der Waals surface area contributed by atoms with Crippen molar-refractivity contribution in [3.05, 3.63) is 65.7 Å². The van der Waals surface area contributed by atoms with Gasteiger partial charge in [-0.2, -0.15) is 0 Å². The molecule has 2 aromatic carbocycles. The molecule has 2 heterocycles. The van der Waals surface area contributed by atoms with E-state index in [4.69, 9.17) is 4.74 Å². The van der Waals surface area contributed by atoms with E-state index in [1.165, 1.54) is 12.0 Å². The van der Waals surface area contributed by atoms with E-state index >= 15 is 0 Å². The fourth-order valence-electron chi connectivity index (χ4n) is 3.89. The van der Waals surface area contributed by atoms with Crippen LogP contribution in [0.4, 0.5) is 16.2 Å². The molecule has 0 radical (unpaired) electrons. The van der Waals surface area contributed by atoms with Gasteiger partial charge in [-0.3, -0.25) is 4.90 Å². The lowest BCUT2D eigenvalue weighted by molar-refractivity contribution is 0.256. The summed E-state index contributed by atoms with van der Waals surface area (Å²) in [6.45, 7) is 3.38. The second-order valence-corrected chi connectivity index (χ2v) is 7.76. The van der Waals surface area contributed by atoms with Crippen LogP contribution < -0.4 is 15.0 Å². The van der Waals surface area contributed by atoms with Gasteiger partial charge in [0.2, 0.25) is 0 Å². The molecule has 0 spiro atoms. The summed E-state index contributed by atoms with van der Waals surface area (Å²) in [7, 11) is 1.62. The molecule has 1 aromatic heterocycles. The number of anilines is 2. The number of benzene rings is 2. The fraction of sp³-hybridized carbons (Fsp3) is 0.375. The van der Waals surface area contributed by atoms with Gasteiger partial charge in [0.1, 0.15) is 11.6 Å². The summed E-state index contributed by atoms with van der Waals surface area (Å²) >= 11 is 0. The Morgan fingerprint density at radius 3 is 2.74 bits per heavy atom. The maximum atomic E-state index is 13.4. The van der Waals surface area contributed by atoms with Crippen LogP contribution in [0.25, 0.3) is 0 Å². The van der Waals surface area contributed by atoms with E-state index < -0.39 is 0 Å². The van der Waals surface area contributed by atoms with Crippen molar-refractivity contribution in [3.8, 4) is 5.75 Å². The Kier molecular flexibility index (Phi) is 6.50. The van der Waals surface area contributed by atoms with Gasteiger partial charge >= 0.3 is 6.03 Å². The van der Waals surface area contributed by atoms with Crippen molar-refractivity contribution in [1.29, 1.82) is 0 Å². The number of aryl methyl sites for hydroxylation is 2. The van der Waals surface area contributed by atoms with Crippen LogP contribution in [0.2, 0.25) is 0 Å². The van der Waals surface area contributed by atoms with Crippen molar-refractivity contribution in [2.45, 2.75) is 52.1 Å². The third-order valence-electron chi connectivity index (χ3n) is 5.70. The first-order valence-electron chi connectivity index (χ1n) is 10.9. The SMILES string of the molecule is CCc1cccc(N(Cc2nnc3n2CCCCC3)C(=O)Nc2ccc(OC)cc2)c1. The molecular formula is C24H29N5O2. The van der Waals surface area contributed by atoms with Crippen molar-refractivity contribution in [2.75, 3.05) is 17.3 Å². The number of hydrogen-bond donors (Lipinski definition) is 1. The van der Waals surface area contributed by atoms with E-state index in [2.05, 4.69) is 39.1 Å². The Morgan fingerprint density at radius 1 is 1.13 bits per heavy atom. The summed E-state index contributed by atoms with van der Waals surface area (Å²) in [4.78, 5) is 15.1. The normalized spacial score (nSPS) is 13.2. The third-order valence-corrected chi connectivity index (χ3v) is 5.70. The summed E-state index contributed by atoms with van der Waals surface area (Å²) in [5.74, 6) is 2.59. The lowest BCUT2D eigenvalue weighted by Crippen LogP contribution is -2.35. The van der Waals surface area contributed by atoms with Gasteiger partial charge < -0.3 is 14.6 Å². The number of nitrogens with zero attached hydrogens (tertiary/aromatic N) is 4. The number of methoxy groups -OCH3 is 1. The highest BCUT2D eigenvalue weighted by molar-refractivity contribution is 6.01. The van der Waals surface area contributed by atoms with Crippen LogP contribution in [0.15, 0.2) is 48.5 Å². The molecule has 0 saturated carbocycles. The number of ether oxygens (including phenoxy) is 1. The molecule has 0 fully saturated rings. The summed E-state index contributed by atoms with van der Waals surface area (Å²) in [6.07, 6.45) is 5.29. The van der Waals surface area contributed by atoms with Gasteiger partial charge in [0, 0.05) is 24.3 Å². The number of carbonyl (C=O) groups excluding carboxylic acids is 1. The van der Waals surface area contributed by atoms with E-state index in [0.717, 1.165) is 55.3 Å². The van der Waals surface area contributed by atoms with Crippen LogP contribution in [-0.4, -0.2) is 27.9 Å². The topological polar surface area (TPSA) is 72.3 Å². The Bertz CT molecular complexity index is 1030. The van der Waals surface area contributed by atoms with Gasteiger partial charge in [-0.05, 0) is 61.2 Å². The second kappa shape index (κ2) is 9.64. The summed E-state index contributed by atoms with van der Waals surface area (Å²) in [5.41, 5.74) is 2.73. The van der Waals surface area contributed by atoms with Crippen molar-refractivity contribution < 1.29 is 9.53 Å². The van der Waals surface area contributed by atoms with Gasteiger partial charge in [0.05, 0.1) is 13.7 Å². The van der Waals surface area contributed by atoms with Crippen molar-refractivity contribution in [3.63, 3.8) is 0 Å². The second-order valence-electron chi connectivity index (χ2n) is 7.76. The van der Waals surface area contributed by atoms with Gasteiger partial charge in [0.25, 0.3) is 0 Å². The third kappa shape index (κ3) is 4.87. The first-order chi connectivity index (χ1) is 15.2. The van der Waals surface area contributed by atoms with E-state index in [0.29, 0.717) is 12.2 Å². The quantitative estimate of drug-likeness (QED) is 0.622. The minimum atomic E-state index is -0.204. The fourth-order valence-corrected chi connectivity index (χ4v) is 3.89. The number of nitrogens with one attached hydrogen (secondary N) is 1. The number of hydrogen-bond acceptors (Lipinski definition) is 4. The summed E-state index contributed by atoms with van der Waals surface area (Å²) < 4.78 is 7.39. The molecule has 7 nitrogen and oxygen atoms in total. The summed E-state index contributed by atoms with van der Waals surface area (Å²) in [6, 6.07) is 15.2. The number of carbonyl (C=O) groups is 1. The molecule has 0 saturated heterocycles. The highest BCUT2D eigenvalue weighted by atomic mass is 16.5. The average Bonchev–Trinajstić information content (AvgIpc) is 3.03. The maximum absolute atomic E-state index is 13.4. The van der Waals surface area contributed by atoms with Gasteiger partial charge in [-0.15, -0.1) is 10.2 Å². The number of urea groups is 1. The van der Waals surface area contributed by atoms with E-state index in [9.17, 15) is 4.79 Å². The predicted octanol–water partition coefficient (Wildman–Crippen LogP) is 4.81. The number of rotatable bonds is 6. The van der Waals surface area contributed by atoms with E-state index in [1.807, 2.05) is 36.4 Å². The Hall–Kier alpha value is -3.35. The largest absolute Gasteiger partial charge is 0.497 e. The van der Waals surface area contributed by atoms with Crippen LogP contribution in [-0.2, 0) is 25.9 Å². The number of amides is 2. The zero-order valence-electron chi connectivity index (χ0n) is 18.2. The van der Waals surface area contributed by atoms with Crippen LogP contribution in [0, 0.1) is 0 Å². The molecule has 162 valence electrons. The number of aromatic nitrogens is 3. The average molecular weight is 420 g/mol. The summed E-state index contributed by atoms with van der Waals surface area (Å²) in [5, 5.41) is 11.8. The lowest BCUT2D eigenvalue weighted by Gasteiger charge is -2.24. The molecule has 0 atom stereocenters. The standard InChI is InChI=1S/C24H29N5O2/c1-3-18-8-7-9-20(16-18)29(24(30)25-19-11-13-21(31-2)14-12-19)17-23-27-26-22-10-5-4-6-15-28(22)23/h7-9,11-14,16H,3-6,10,15,17H2,1-2H3,(H,25,30). The molecule has 1 aliphatic rings. The Labute approximate surface area is 183 Å². The van der Waals surface area contributed by atoms with Gasteiger partial charge in [-0.1, -0.05) is 25.5 Å². The molecule has 0 bridgehead atoms. The molecule has 2 amide bonds. The first-order valence-corrected chi connectivity index (χ1v) is 10.9. The number of fused-ring (bicyclic) bond motifs is 1. The molecule has 3 aromatic rings. The zero-order chi connectivity index (χ0) is 21.6. The van der Waals surface area contributed by atoms with E-state index in [-0.39, 0.29) is 6.03 Å². The predicted molar refractivity (Wildman–Crippen MR) is 122 cm³/mol. The van der Waals surface area contributed by atoms with Crippen molar-refractivity contribution in [1.82, 2.24) is 14.8 Å². The Morgan fingerprint density at radius 2 is 1.97 bits per heavy atom. The van der Waals surface area contributed by atoms with E-state index in [1.54, 1.807) is 12.0 Å². The molecule has 0 unspecified atom stereocenters. The Balaban J connectivity index is 1.62. The smallest absolute Gasteiger partial charge is 0.326 e. The molecule has 0 aliphatic carbocycles. The van der Waals surface area contributed by atoms with Crippen LogP contribution in [0.5, 0.6) is 5.75 Å². The maximum Gasteiger partial charge on any atom is 0.326 e. The highest BCUT2D eigenvalue weighted by Gasteiger charge is 2.22. The highest BCUT2D eigenvalue weighted by Crippen LogP contribution is 2.23. The zero-order valence-corrected chi connectivity index (χ0v) is 18.2. The minimum absolute atomic E-state index is 0.204. The van der Waals surface area contributed by atoms with Gasteiger partial charge in [-0.25, -0.2) is 4.79 Å². The van der Waals surface area contributed by atoms with Crippen LogP contribution in [0.1, 0.15) is 43.4 Å². The van der Waals surface area contributed by atoms with Crippen LogP contribution in [0.3, 0.4) is 0 Å². The lowest BCUT2D eigenvalue weighted by atomic mass is 10.1.